The Morgan fingerprint density at radius 1 is 1.40 bits per heavy atom. The van der Waals surface area contributed by atoms with Crippen LogP contribution in [-0.4, -0.2) is 15.2 Å². The number of benzene rings is 1. The van der Waals surface area contributed by atoms with Gasteiger partial charge in [-0.05, 0) is 45.4 Å². The smallest absolute Gasteiger partial charge is 0.221 e. The van der Waals surface area contributed by atoms with Crippen molar-refractivity contribution in [2.45, 2.75) is 45.4 Å². The fraction of sp³-hybridized carbons (Fsp3) is 0.500. The van der Waals surface area contributed by atoms with Crippen molar-refractivity contribution in [2.75, 3.05) is 5.32 Å². The topological polar surface area (TPSA) is 64.2 Å². The zero-order valence-electron chi connectivity index (χ0n) is 12.4. The standard InChI is InChI=1S/C14H21FN2O2S/c1-9(17-20(19)14(3,4)5)11-6-7-13(12(15)8-11)16-10(2)18/h6-9,17H,1-5H3,(H,16,18)/t9?,20-/m0/s1. The fourth-order valence-electron chi connectivity index (χ4n) is 1.50. The zero-order chi connectivity index (χ0) is 15.5. The Kier molecular flexibility index (Phi) is 5.56. The van der Waals surface area contributed by atoms with Gasteiger partial charge < -0.3 is 9.87 Å². The van der Waals surface area contributed by atoms with Gasteiger partial charge in [0.15, 0.2) is 0 Å². The molecule has 2 N–H and O–H groups in total. The van der Waals surface area contributed by atoms with E-state index in [0.29, 0.717) is 5.56 Å². The molecule has 1 unspecified atom stereocenters. The van der Waals surface area contributed by atoms with Crippen LogP contribution in [0.1, 0.15) is 46.2 Å². The Hall–Kier alpha value is -1.11. The first-order valence-electron chi connectivity index (χ1n) is 6.36. The predicted octanol–water partition coefficient (Wildman–Crippen LogP) is 2.90. The SMILES string of the molecule is CC(=O)Nc1ccc(C(C)N[S@@+]([O-])C(C)(C)C)cc1F. The molecular weight excluding hydrogens is 279 g/mol. The van der Waals surface area contributed by atoms with Gasteiger partial charge in [-0.15, -0.1) is 4.72 Å². The summed E-state index contributed by atoms with van der Waals surface area (Å²) in [6.45, 7) is 8.73. The predicted molar refractivity (Wildman–Crippen MR) is 80.1 cm³/mol. The minimum absolute atomic E-state index is 0.144. The highest BCUT2D eigenvalue weighted by molar-refractivity contribution is 7.90. The summed E-state index contributed by atoms with van der Waals surface area (Å²) in [5.41, 5.74) is 0.819. The number of carbonyl (C=O) groups is 1. The summed E-state index contributed by atoms with van der Waals surface area (Å²) in [7, 11) is 0. The van der Waals surface area contributed by atoms with Gasteiger partial charge in [0.05, 0.1) is 11.7 Å². The maximum Gasteiger partial charge on any atom is 0.221 e. The van der Waals surface area contributed by atoms with E-state index in [1.165, 1.54) is 19.1 Å². The molecule has 0 bridgehead atoms. The molecule has 0 radical (unpaired) electrons. The van der Waals surface area contributed by atoms with E-state index in [2.05, 4.69) is 10.0 Å². The summed E-state index contributed by atoms with van der Waals surface area (Å²) in [4.78, 5) is 10.9. The molecule has 0 aliphatic carbocycles. The molecule has 1 aromatic carbocycles. The molecule has 1 amide bonds. The van der Waals surface area contributed by atoms with Crippen molar-refractivity contribution in [1.82, 2.24) is 4.72 Å². The number of hydrogen-bond donors (Lipinski definition) is 2. The van der Waals surface area contributed by atoms with Crippen molar-refractivity contribution in [1.29, 1.82) is 0 Å². The van der Waals surface area contributed by atoms with Crippen molar-refractivity contribution in [2.24, 2.45) is 0 Å². The number of rotatable bonds is 4. The van der Waals surface area contributed by atoms with Gasteiger partial charge in [-0.3, -0.25) is 4.79 Å². The van der Waals surface area contributed by atoms with E-state index >= 15 is 0 Å². The van der Waals surface area contributed by atoms with E-state index in [-0.39, 0.29) is 22.4 Å². The minimum Gasteiger partial charge on any atom is -0.598 e. The fourth-order valence-corrected chi connectivity index (χ4v) is 2.31. The van der Waals surface area contributed by atoms with Crippen LogP contribution < -0.4 is 10.0 Å². The van der Waals surface area contributed by atoms with Crippen molar-refractivity contribution in [3.8, 4) is 0 Å². The summed E-state index contributed by atoms with van der Waals surface area (Å²) in [6.07, 6.45) is 0. The Bertz CT molecular complexity index is 489. The zero-order valence-corrected chi connectivity index (χ0v) is 13.2. The van der Waals surface area contributed by atoms with E-state index in [9.17, 15) is 13.7 Å². The van der Waals surface area contributed by atoms with Crippen LogP contribution >= 0.6 is 0 Å². The molecule has 0 aromatic heterocycles. The Morgan fingerprint density at radius 3 is 2.45 bits per heavy atom. The van der Waals surface area contributed by atoms with Crippen LogP contribution in [0.5, 0.6) is 0 Å². The van der Waals surface area contributed by atoms with Crippen LogP contribution in [-0.2, 0) is 16.2 Å². The molecule has 0 heterocycles. The van der Waals surface area contributed by atoms with Crippen LogP contribution in [0, 0.1) is 5.82 Å². The molecule has 112 valence electrons. The van der Waals surface area contributed by atoms with Crippen molar-refractivity contribution in [3.05, 3.63) is 29.6 Å². The summed E-state index contributed by atoms with van der Waals surface area (Å²) < 4.78 is 28.4. The highest BCUT2D eigenvalue weighted by atomic mass is 32.2. The molecule has 4 nitrogen and oxygen atoms in total. The lowest BCUT2D eigenvalue weighted by atomic mass is 10.1. The first kappa shape index (κ1) is 16.9. The van der Waals surface area contributed by atoms with Gasteiger partial charge in [0, 0.05) is 18.3 Å². The lowest BCUT2D eigenvalue weighted by Gasteiger charge is -2.26. The van der Waals surface area contributed by atoms with E-state index < -0.39 is 17.2 Å². The van der Waals surface area contributed by atoms with E-state index in [1.54, 1.807) is 6.07 Å². The first-order chi connectivity index (χ1) is 9.11. The number of anilines is 1. The normalized spacial score (nSPS) is 14.8. The number of hydrogen-bond acceptors (Lipinski definition) is 3. The quantitative estimate of drug-likeness (QED) is 0.840. The Labute approximate surface area is 122 Å². The third kappa shape index (κ3) is 4.77. The van der Waals surface area contributed by atoms with Gasteiger partial charge in [-0.25, -0.2) is 4.39 Å². The monoisotopic (exact) mass is 300 g/mol. The largest absolute Gasteiger partial charge is 0.598 e. The number of amides is 1. The molecule has 0 saturated heterocycles. The van der Waals surface area contributed by atoms with Gasteiger partial charge in [0.1, 0.15) is 10.6 Å². The Balaban J connectivity index is 2.82. The molecule has 0 saturated carbocycles. The highest BCUT2D eigenvalue weighted by Gasteiger charge is 2.28. The van der Waals surface area contributed by atoms with Gasteiger partial charge in [-0.2, -0.15) is 0 Å². The molecule has 0 fully saturated rings. The number of carbonyl (C=O) groups excluding carboxylic acids is 1. The second-order valence-electron chi connectivity index (χ2n) is 5.64. The molecule has 0 spiro atoms. The van der Waals surface area contributed by atoms with Crippen LogP contribution in [0.3, 0.4) is 0 Å². The minimum atomic E-state index is -1.23. The van der Waals surface area contributed by atoms with Gasteiger partial charge in [0.2, 0.25) is 5.91 Å². The molecule has 1 aromatic rings. The third-order valence-electron chi connectivity index (χ3n) is 2.64. The van der Waals surface area contributed by atoms with E-state index in [4.69, 9.17) is 0 Å². The lowest BCUT2D eigenvalue weighted by molar-refractivity contribution is -0.114. The number of halogens is 1. The first-order valence-corrected chi connectivity index (χ1v) is 7.51. The summed E-state index contributed by atoms with van der Waals surface area (Å²) in [5.74, 6) is -0.829. The van der Waals surface area contributed by atoms with Crippen LogP contribution in [0.15, 0.2) is 18.2 Å². The van der Waals surface area contributed by atoms with Crippen molar-refractivity contribution in [3.63, 3.8) is 0 Å². The molecule has 6 heteroatoms. The third-order valence-corrected chi connectivity index (χ3v) is 4.32. The molecule has 0 aliphatic heterocycles. The molecule has 1 rings (SSSR count). The maximum absolute atomic E-state index is 13.8. The van der Waals surface area contributed by atoms with Gasteiger partial charge >= 0.3 is 0 Å². The average Bonchev–Trinajstić information content (AvgIpc) is 2.29. The van der Waals surface area contributed by atoms with Crippen LogP contribution in [0.4, 0.5) is 10.1 Å². The summed E-state index contributed by atoms with van der Waals surface area (Å²) in [6, 6.07) is 4.29. The second-order valence-corrected chi connectivity index (χ2v) is 7.64. The molecule has 20 heavy (non-hydrogen) atoms. The summed E-state index contributed by atoms with van der Waals surface area (Å²) in [5, 5.41) is 2.41. The molecule has 2 atom stereocenters. The number of nitrogens with one attached hydrogen (secondary N) is 2. The van der Waals surface area contributed by atoms with Gasteiger partial charge in [-0.1, -0.05) is 6.07 Å². The average molecular weight is 300 g/mol. The lowest BCUT2D eigenvalue weighted by Crippen LogP contribution is -2.40. The van der Waals surface area contributed by atoms with E-state index in [0.717, 1.165) is 0 Å². The van der Waals surface area contributed by atoms with E-state index in [1.807, 2.05) is 27.7 Å². The van der Waals surface area contributed by atoms with Crippen LogP contribution in [0.25, 0.3) is 0 Å². The second kappa shape index (κ2) is 6.56. The van der Waals surface area contributed by atoms with Crippen LogP contribution in [0.2, 0.25) is 0 Å². The summed E-state index contributed by atoms with van der Waals surface area (Å²) >= 11 is -1.23. The Morgan fingerprint density at radius 2 is 2.00 bits per heavy atom. The molecule has 0 aliphatic rings. The maximum atomic E-state index is 13.8. The van der Waals surface area contributed by atoms with Gasteiger partial charge in [0.25, 0.3) is 0 Å². The highest BCUT2D eigenvalue weighted by Crippen LogP contribution is 2.23. The van der Waals surface area contributed by atoms with Crippen molar-refractivity contribution < 1.29 is 13.7 Å². The molecular formula is C14H21FN2O2S. The van der Waals surface area contributed by atoms with Crippen molar-refractivity contribution >= 4 is 23.0 Å².